The van der Waals surface area contributed by atoms with Crippen molar-refractivity contribution < 1.29 is 9.90 Å². The van der Waals surface area contributed by atoms with E-state index in [1.165, 1.54) is 0 Å². The standard InChI is InChI=1S/C15H18N2O2/c18-11-5-1-4-9-17-15(19)14-13-7-3-2-6-12(13)8-10-16-14/h2-3,6-8,10,18H,1,4-5,9,11H2,(H,17,19). The zero-order chi connectivity index (χ0) is 13.5. The van der Waals surface area contributed by atoms with Crippen LogP contribution < -0.4 is 5.32 Å². The molecule has 4 heteroatoms. The Morgan fingerprint density at radius 2 is 2.00 bits per heavy atom. The molecular weight excluding hydrogens is 240 g/mol. The van der Waals surface area contributed by atoms with Gasteiger partial charge in [-0.15, -0.1) is 0 Å². The van der Waals surface area contributed by atoms with Crippen LogP contribution in [0.15, 0.2) is 36.5 Å². The van der Waals surface area contributed by atoms with E-state index in [0.717, 1.165) is 30.0 Å². The second kappa shape index (κ2) is 6.85. The zero-order valence-electron chi connectivity index (χ0n) is 10.8. The highest BCUT2D eigenvalue weighted by Crippen LogP contribution is 2.15. The molecule has 1 aromatic heterocycles. The third-order valence-electron chi connectivity index (χ3n) is 3.01. The van der Waals surface area contributed by atoms with Gasteiger partial charge in [-0.2, -0.15) is 0 Å². The van der Waals surface area contributed by atoms with E-state index in [-0.39, 0.29) is 12.5 Å². The molecule has 2 aromatic rings. The van der Waals surface area contributed by atoms with E-state index in [1.807, 2.05) is 30.3 Å². The van der Waals surface area contributed by atoms with Crippen LogP contribution in [-0.4, -0.2) is 29.1 Å². The van der Waals surface area contributed by atoms with Crippen LogP contribution in [0, 0.1) is 0 Å². The quantitative estimate of drug-likeness (QED) is 0.780. The Balaban J connectivity index is 2.01. The van der Waals surface area contributed by atoms with Gasteiger partial charge in [-0.1, -0.05) is 24.3 Å². The average Bonchev–Trinajstić information content (AvgIpc) is 2.46. The first-order valence-corrected chi connectivity index (χ1v) is 6.56. The Labute approximate surface area is 112 Å². The second-order valence-corrected chi connectivity index (χ2v) is 4.42. The van der Waals surface area contributed by atoms with E-state index < -0.39 is 0 Å². The maximum absolute atomic E-state index is 12.1. The number of benzene rings is 1. The number of amides is 1. The molecule has 0 saturated carbocycles. The smallest absolute Gasteiger partial charge is 0.270 e. The number of carbonyl (C=O) groups is 1. The van der Waals surface area contributed by atoms with Crippen LogP contribution in [-0.2, 0) is 0 Å². The van der Waals surface area contributed by atoms with Crippen molar-refractivity contribution in [2.75, 3.05) is 13.2 Å². The molecule has 0 saturated heterocycles. The molecule has 19 heavy (non-hydrogen) atoms. The highest BCUT2D eigenvalue weighted by atomic mass is 16.2. The number of fused-ring (bicyclic) bond motifs is 1. The molecule has 100 valence electrons. The molecule has 1 aromatic carbocycles. The Hall–Kier alpha value is -1.94. The molecule has 0 aliphatic heterocycles. The van der Waals surface area contributed by atoms with Gasteiger partial charge in [-0.05, 0) is 30.7 Å². The number of hydrogen-bond donors (Lipinski definition) is 2. The minimum absolute atomic E-state index is 0.138. The summed E-state index contributed by atoms with van der Waals surface area (Å²) >= 11 is 0. The Bertz CT molecular complexity index is 549. The molecule has 2 N–H and O–H groups in total. The Morgan fingerprint density at radius 1 is 1.16 bits per heavy atom. The van der Waals surface area contributed by atoms with Crippen molar-refractivity contribution in [2.24, 2.45) is 0 Å². The summed E-state index contributed by atoms with van der Waals surface area (Å²) in [6, 6.07) is 9.62. The monoisotopic (exact) mass is 258 g/mol. The molecule has 0 fully saturated rings. The lowest BCUT2D eigenvalue weighted by Crippen LogP contribution is -2.25. The summed E-state index contributed by atoms with van der Waals surface area (Å²) in [6.45, 7) is 0.822. The summed E-state index contributed by atoms with van der Waals surface area (Å²) < 4.78 is 0. The van der Waals surface area contributed by atoms with Gasteiger partial charge >= 0.3 is 0 Å². The van der Waals surface area contributed by atoms with Crippen LogP contribution >= 0.6 is 0 Å². The minimum Gasteiger partial charge on any atom is -0.396 e. The number of carbonyl (C=O) groups excluding carboxylic acids is 1. The van der Waals surface area contributed by atoms with Gasteiger partial charge in [-0.3, -0.25) is 9.78 Å². The predicted molar refractivity (Wildman–Crippen MR) is 75.0 cm³/mol. The summed E-state index contributed by atoms with van der Waals surface area (Å²) in [7, 11) is 0. The second-order valence-electron chi connectivity index (χ2n) is 4.42. The molecule has 0 atom stereocenters. The first kappa shape index (κ1) is 13.5. The van der Waals surface area contributed by atoms with Gasteiger partial charge in [0.25, 0.3) is 5.91 Å². The molecule has 0 unspecified atom stereocenters. The lowest BCUT2D eigenvalue weighted by Gasteiger charge is -2.06. The third kappa shape index (κ3) is 3.51. The Kier molecular flexibility index (Phi) is 4.86. The number of aromatic nitrogens is 1. The number of hydrogen-bond acceptors (Lipinski definition) is 3. The summed E-state index contributed by atoms with van der Waals surface area (Å²) in [5.41, 5.74) is 0.472. The van der Waals surface area contributed by atoms with Gasteiger partial charge in [0.05, 0.1) is 0 Å². The number of aliphatic hydroxyl groups is 1. The molecular formula is C15H18N2O2. The highest BCUT2D eigenvalue weighted by molar-refractivity contribution is 6.05. The van der Waals surface area contributed by atoms with E-state index in [9.17, 15) is 4.79 Å². The average molecular weight is 258 g/mol. The normalized spacial score (nSPS) is 10.6. The maximum Gasteiger partial charge on any atom is 0.270 e. The number of rotatable bonds is 6. The van der Waals surface area contributed by atoms with Gasteiger partial charge in [0.2, 0.25) is 0 Å². The fourth-order valence-corrected chi connectivity index (χ4v) is 2.00. The maximum atomic E-state index is 12.1. The minimum atomic E-state index is -0.138. The van der Waals surface area contributed by atoms with E-state index >= 15 is 0 Å². The summed E-state index contributed by atoms with van der Waals surface area (Å²) in [5.74, 6) is -0.138. The van der Waals surface area contributed by atoms with Crippen LogP contribution in [0.5, 0.6) is 0 Å². The van der Waals surface area contributed by atoms with Crippen LogP contribution in [0.25, 0.3) is 10.8 Å². The molecule has 2 rings (SSSR count). The molecule has 0 radical (unpaired) electrons. The van der Waals surface area contributed by atoms with Crippen molar-refractivity contribution >= 4 is 16.7 Å². The van der Waals surface area contributed by atoms with Gasteiger partial charge in [0.15, 0.2) is 0 Å². The lowest BCUT2D eigenvalue weighted by atomic mass is 10.1. The largest absolute Gasteiger partial charge is 0.396 e. The van der Waals surface area contributed by atoms with E-state index in [0.29, 0.717) is 12.2 Å². The van der Waals surface area contributed by atoms with Crippen molar-refractivity contribution in [1.29, 1.82) is 0 Å². The molecule has 0 aliphatic carbocycles. The van der Waals surface area contributed by atoms with Gasteiger partial charge in [0.1, 0.15) is 5.69 Å². The SMILES string of the molecule is O=C(NCCCCCO)c1nccc2ccccc12. The first-order chi connectivity index (χ1) is 9.33. The van der Waals surface area contributed by atoms with Crippen molar-refractivity contribution in [1.82, 2.24) is 10.3 Å². The molecule has 4 nitrogen and oxygen atoms in total. The number of pyridine rings is 1. The number of nitrogens with one attached hydrogen (secondary N) is 1. The molecule has 0 bridgehead atoms. The van der Waals surface area contributed by atoms with Gasteiger partial charge in [0, 0.05) is 24.7 Å². The first-order valence-electron chi connectivity index (χ1n) is 6.56. The summed E-state index contributed by atoms with van der Waals surface area (Å²) in [6.07, 6.45) is 4.22. The zero-order valence-corrected chi connectivity index (χ0v) is 10.8. The summed E-state index contributed by atoms with van der Waals surface area (Å²) in [5, 5.41) is 13.4. The van der Waals surface area contributed by atoms with E-state index in [2.05, 4.69) is 10.3 Å². The van der Waals surface area contributed by atoms with Crippen LogP contribution in [0.4, 0.5) is 0 Å². The fourth-order valence-electron chi connectivity index (χ4n) is 2.00. The van der Waals surface area contributed by atoms with Crippen LogP contribution in [0.3, 0.4) is 0 Å². The molecule has 1 amide bonds. The van der Waals surface area contributed by atoms with Gasteiger partial charge < -0.3 is 10.4 Å². The predicted octanol–water partition coefficient (Wildman–Crippen LogP) is 2.13. The molecule has 0 spiro atoms. The Morgan fingerprint density at radius 3 is 2.84 bits per heavy atom. The fraction of sp³-hybridized carbons (Fsp3) is 0.333. The van der Waals surface area contributed by atoms with Crippen molar-refractivity contribution in [2.45, 2.75) is 19.3 Å². The number of aliphatic hydroxyl groups excluding tert-OH is 1. The highest BCUT2D eigenvalue weighted by Gasteiger charge is 2.10. The number of unbranched alkanes of at least 4 members (excludes halogenated alkanes) is 2. The van der Waals surface area contributed by atoms with Gasteiger partial charge in [-0.25, -0.2) is 0 Å². The lowest BCUT2D eigenvalue weighted by molar-refractivity contribution is 0.0949. The van der Waals surface area contributed by atoms with Crippen LogP contribution in [0.2, 0.25) is 0 Å². The molecule has 1 heterocycles. The molecule has 0 aliphatic rings. The summed E-state index contributed by atoms with van der Waals surface area (Å²) in [4.78, 5) is 16.2. The van der Waals surface area contributed by atoms with Crippen molar-refractivity contribution in [3.05, 3.63) is 42.2 Å². The van der Waals surface area contributed by atoms with Crippen LogP contribution in [0.1, 0.15) is 29.8 Å². The third-order valence-corrected chi connectivity index (χ3v) is 3.01. The van der Waals surface area contributed by atoms with E-state index in [4.69, 9.17) is 5.11 Å². The topological polar surface area (TPSA) is 62.2 Å². The van der Waals surface area contributed by atoms with Crippen molar-refractivity contribution in [3.63, 3.8) is 0 Å². The van der Waals surface area contributed by atoms with Crippen molar-refractivity contribution in [3.8, 4) is 0 Å². The van der Waals surface area contributed by atoms with E-state index in [1.54, 1.807) is 6.20 Å². The number of nitrogens with zero attached hydrogens (tertiary/aromatic N) is 1.